The molecule has 0 radical (unpaired) electrons. The zero-order valence-electron chi connectivity index (χ0n) is 10.0. The second-order valence-corrected chi connectivity index (χ2v) is 5.25. The molecule has 1 unspecified atom stereocenters. The van der Waals surface area contributed by atoms with Gasteiger partial charge >= 0.3 is 0 Å². The number of benzene rings is 1. The van der Waals surface area contributed by atoms with E-state index in [1.165, 1.54) is 32.1 Å². The summed E-state index contributed by atoms with van der Waals surface area (Å²) in [6.45, 7) is 0.616. The number of rotatable bonds is 4. The van der Waals surface area contributed by atoms with Gasteiger partial charge in [-0.1, -0.05) is 43.0 Å². The predicted octanol–water partition coefficient (Wildman–Crippen LogP) is 3.30. The van der Waals surface area contributed by atoms with E-state index in [0.717, 1.165) is 5.56 Å². The van der Waals surface area contributed by atoms with Crippen molar-refractivity contribution in [3.8, 4) is 0 Å². The van der Waals surface area contributed by atoms with E-state index in [2.05, 4.69) is 5.32 Å². The summed E-state index contributed by atoms with van der Waals surface area (Å²) in [5.74, 6) is 0. The smallest absolute Gasteiger partial charge is 0.0914 e. The van der Waals surface area contributed by atoms with Gasteiger partial charge in [0.2, 0.25) is 0 Å². The third-order valence-electron chi connectivity index (χ3n) is 3.44. The van der Waals surface area contributed by atoms with Crippen molar-refractivity contribution in [2.45, 2.75) is 44.2 Å². The summed E-state index contributed by atoms with van der Waals surface area (Å²) in [4.78, 5) is 0. The van der Waals surface area contributed by atoms with Crippen LogP contribution in [0.15, 0.2) is 24.3 Å². The first-order valence-corrected chi connectivity index (χ1v) is 6.80. The number of aliphatic hydroxyl groups excluding tert-OH is 1. The van der Waals surface area contributed by atoms with Crippen molar-refractivity contribution in [1.82, 2.24) is 5.32 Å². The quantitative estimate of drug-likeness (QED) is 0.863. The third kappa shape index (κ3) is 3.98. The molecule has 1 fully saturated rings. The van der Waals surface area contributed by atoms with E-state index in [4.69, 9.17) is 11.6 Å². The van der Waals surface area contributed by atoms with E-state index >= 15 is 0 Å². The van der Waals surface area contributed by atoms with Crippen LogP contribution in [0, 0.1) is 0 Å². The molecule has 1 aliphatic carbocycles. The number of hydrogen-bond donors (Lipinski definition) is 2. The molecule has 3 heteroatoms. The van der Waals surface area contributed by atoms with Crippen LogP contribution in [0.5, 0.6) is 0 Å². The Bertz CT molecular complexity index is 350. The monoisotopic (exact) mass is 253 g/mol. The normalized spacial score (nSPS) is 19.2. The maximum absolute atomic E-state index is 10.1. The van der Waals surface area contributed by atoms with Crippen molar-refractivity contribution in [3.05, 3.63) is 34.9 Å². The largest absolute Gasteiger partial charge is 0.387 e. The fraction of sp³-hybridized carbons (Fsp3) is 0.571. The highest BCUT2D eigenvalue weighted by atomic mass is 35.5. The summed E-state index contributed by atoms with van der Waals surface area (Å²) in [7, 11) is 0. The summed E-state index contributed by atoms with van der Waals surface area (Å²) in [5, 5.41) is 14.2. The lowest BCUT2D eigenvalue weighted by atomic mass is 9.95. The van der Waals surface area contributed by atoms with Gasteiger partial charge in [-0.05, 0) is 30.5 Å². The molecule has 1 atom stereocenters. The van der Waals surface area contributed by atoms with Crippen LogP contribution in [0.1, 0.15) is 43.8 Å². The SMILES string of the molecule is OC(CNC1CCCCC1)c1cccc(Cl)c1. The van der Waals surface area contributed by atoms with Crippen molar-refractivity contribution >= 4 is 11.6 Å². The average molecular weight is 254 g/mol. The molecule has 2 N–H and O–H groups in total. The first-order valence-electron chi connectivity index (χ1n) is 6.42. The van der Waals surface area contributed by atoms with Gasteiger partial charge in [0, 0.05) is 17.6 Å². The summed E-state index contributed by atoms with van der Waals surface area (Å²) >= 11 is 5.91. The molecule has 2 rings (SSSR count). The zero-order valence-corrected chi connectivity index (χ0v) is 10.8. The van der Waals surface area contributed by atoms with Crippen LogP contribution >= 0.6 is 11.6 Å². The van der Waals surface area contributed by atoms with Gasteiger partial charge in [-0.15, -0.1) is 0 Å². The molecule has 0 heterocycles. The number of halogens is 1. The molecule has 1 aromatic rings. The van der Waals surface area contributed by atoms with Crippen LogP contribution in [0.2, 0.25) is 5.02 Å². The predicted molar refractivity (Wildman–Crippen MR) is 71.3 cm³/mol. The summed E-state index contributed by atoms with van der Waals surface area (Å²) in [5.41, 5.74) is 0.890. The summed E-state index contributed by atoms with van der Waals surface area (Å²) < 4.78 is 0. The second kappa shape index (κ2) is 6.39. The number of aliphatic hydroxyl groups is 1. The van der Waals surface area contributed by atoms with Crippen LogP contribution in [0.3, 0.4) is 0 Å². The number of nitrogens with one attached hydrogen (secondary N) is 1. The molecule has 0 aromatic heterocycles. The highest BCUT2D eigenvalue weighted by Gasteiger charge is 2.15. The Morgan fingerprint density at radius 2 is 2.06 bits per heavy atom. The minimum atomic E-state index is -0.462. The minimum Gasteiger partial charge on any atom is -0.387 e. The zero-order chi connectivity index (χ0) is 12.1. The van der Waals surface area contributed by atoms with E-state index in [-0.39, 0.29) is 0 Å². The van der Waals surface area contributed by atoms with E-state index in [0.29, 0.717) is 17.6 Å². The topological polar surface area (TPSA) is 32.3 Å². The Hall–Kier alpha value is -0.570. The van der Waals surface area contributed by atoms with Crippen LogP contribution in [-0.2, 0) is 0 Å². The fourth-order valence-corrected chi connectivity index (χ4v) is 2.62. The molecule has 94 valence electrons. The lowest BCUT2D eigenvalue weighted by Gasteiger charge is -2.24. The highest BCUT2D eigenvalue weighted by molar-refractivity contribution is 6.30. The lowest BCUT2D eigenvalue weighted by molar-refractivity contribution is 0.165. The van der Waals surface area contributed by atoms with Gasteiger partial charge < -0.3 is 10.4 Å². The van der Waals surface area contributed by atoms with Crippen molar-refractivity contribution in [3.63, 3.8) is 0 Å². The molecule has 0 aliphatic heterocycles. The Kier molecular flexibility index (Phi) is 4.84. The van der Waals surface area contributed by atoms with E-state index in [1.807, 2.05) is 24.3 Å². The Labute approximate surface area is 108 Å². The molecule has 0 bridgehead atoms. The van der Waals surface area contributed by atoms with E-state index in [9.17, 15) is 5.11 Å². The number of hydrogen-bond acceptors (Lipinski definition) is 2. The van der Waals surface area contributed by atoms with E-state index < -0.39 is 6.10 Å². The second-order valence-electron chi connectivity index (χ2n) is 4.81. The Morgan fingerprint density at radius 3 is 2.76 bits per heavy atom. The summed E-state index contributed by atoms with van der Waals surface area (Å²) in [6, 6.07) is 8.03. The van der Waals surface area contributed by atoms with Crippen molar-refractivity contribution in [2.24, 2.45) is 0 Å². The molecule has 1 aromatic carbocycles. The molecule has 17 heavy (non-hydrogen) atoms. The maximum Gasteiger partial charge on any atom is 0.0914 e. The molecular formula is C14H20ClNO. The Morgan fingerprint density at radius 1 is 1.29 bits per heavy atom. The van der Waals surface area contributed by atoms with Gasteiger partial charge in [0.15, 0.2) is 0 Å². The van der Waals surface area contributed by atoms with Gasteiger partial charge in [-0.25, -0.2) is 0 Å². The van der Waals surface area contributed by atoms with Gasteiger partial charge in [0.25, 0.3) is 0 Å². The third-order valence-corrected chi connectivity index (χ3v) is 3.67. The molecular weight excluding hydrogens is 234 g/mol. The fourth-order valence-electron chi connectivity index (χ4n) is 2.42. The first-order chi connectivity index (χ1) is 8.25. The van der Waals surface area contributed by atoms with Gasteiger partial charge in [-0.3, -0.25) is 0 Å². The first kappa shape index (κ1) is 12.9. The van der Waals surface area contributed by atoms with Crippen LogP contribution < -0.4 is 5.32 Å². The van der Waals surface area contributed by atoms with Gasteiger partial charge in [0.05, 0.1) is 6.10 Å². The van der Waals surface area contributed by atoms with E-state index in [1.54, 1.807) is 0 Å². The molecule has 0 amide bonds. The van der Waals surface area contributed by atoms with Crippen LogP contribution in [-0.4, -0.2) is 17.7 Å². The average Bonchev–Trinajstić information content (AvgIpc) is 2.37. The maximum atomic E-state index is 10.1. The van der Waals surface area contributed by atoms with Crippen LogP contribution in [0.25, 0.3) is 0 Å². The van der Waals surface area contributed by atoms with Crippen molar-refractivity contribution < 1.29 is 5.11 Å². The van der Waals surface area contributed by atoms with Gasteiger partial charge in [-0.2, -0.15) is 0 Å². The highest BCUT2D eigenvalue weighted by Crippen LogP contribution is 2.20. The van der Waals surface area contributed by atoms with Crippen molar-refractivity contribution in [2.75, 3.05) is 6.54 Å². The lowest BCUT2D eigenvalue weighted by Crippen LogP contribution is -2.34. The molecule has 1 aliphatic rings. The van der Waals surface area contributed by atoms with Gasteiger partial charge in [0.1, 0.15) is 0 Å². The van der Waals surface area contributed by atoms with Crippen molar-refractivity contribution in [1.29, 1.82) is 0 Å². The summed E-state index contributed by atoms with van der Waals surface area (Å²) in [6.07, 6.45) is 5.99. The molecule has 2 nitrogen and oxygen atoms in total. The Balaban J connectivity index is 1.82. The molecule has 1 saturated carbocycles. The molecule has 0 saturated heterocycles. The minimum absolute atomic E-state index is 0.462. The standard InChI is InChI=1S/C14H20ClNO/c15-12-6-4-5-11(9-12)14(17)10-16-13-7-2-1-3-8-13/h4-6,9,13-14,16-17H,1-3,7-8,10H2. The van der Waals surface area contributed by atoms with Crippen LogP contribution in [0.4, 0.5) is 0 Å². The molecule has 0 spiro atoms.